The maximum absolute atomic E-state index is 12.8. The molecular weight excluding hydrogens is 440 g/mol. The van der Waals surface area contributed by atoms with E-state index in [2.05, 4.69) is 0 Å². The third kappa shape index (κ3) is 4.22. The van der Waals surface area contributed by atoms with Gasteiger partial charge >= 0.3 is 11.3 Å². The summed E-state index contributed by atoms with van der Waals surface area (Å²) in [5, 5.41) is 12.4. The highest BCUT2D eigenvalue weighted by atomic mass is 32.2. The van der Waals surface area contributed by atoms with Crippen molar-refractivity contribution in [3.63, 3.8) is 0 Å². The van der Waals surface area contributed by atoms with Crippen molar-refractivity contribution in [2.24, 2.45) is 0 Å². The maximum atomic E-state index is 12.8. The third-order valence-electron chi connectivity index (χ3n) is 5.15. The Labute approximate surface area is 183 Å². The van der Waals surface area contributed by atoms with E-state index in [9.17, 15) is 23.3 Å². The summed E-state index contributed by atoms with van der Waals surface area (Å²) in [6, 6.07) is 9.69. The molecule has 11 heteroatoms. The second-order valence-electron chi connectivity index (χ2n) is 7.11. The van der Waals surface area contributed by atoms with Crippen LogP contribution in [0.2, 0.25) is 0 Å². The molecule has 0 unspecified atom stereocenters. The number of hydrogen-bond donors (Lipinski definition) is 0. The van der Waals surface area contributed by atoms with Gasteiger partial charge in [-0.3, -0.25) is 10.1 Å². The highest BCUT2D eigenvalue weighted by molar-refractivity contribution is 7.89. The molecule has 0 amide bonds. The SMILES string of the molecule is CCc1cc(=O)oc2cc(Oc3ccc(S(=O)(=O)N4CCOCC4)cc3[N+](=O)[O-])ccc12. The van der Waals surface area contributed by atoms with Crippen molar-refractivity contribution in [2.45, 2.75) is 18.2 Å². The van der Waals surface area contributed by atoms with Crippen LogP contribution in [0.4, 0.5) is 5.69 Å². The minimum atomic E-state index is -3.91. The normalized spacial score (nSPS) is 15.0. The summed E-state index contributed by atoms with van der Waals surface area (Å²) in [4.78, 5) is 22.5. The van der Waals surface area contributed by atoms with Gasteiger partial charge in [0.1, 0.15) is 11.3 Å². The molecule has 2 aromatic carbocycles. The van der Waals surface area contributed by atoms with Gasteiger partial charge in [-0.1, -0.05) is 6.92 Å². The van der Waals surface area contributed by atoms with Crippen LogP contribution in [0, 0.1) is 10.1 Å². The van der Waals surface area contributed by atoms with Gasteiger partial charge in [0.15, 0.2) is 0 Å². The number of nitro groups is 1. The lowest BCUT2D eigenvalue weighted by Crippen LogP contribution is -2.40. The van der Waals surface area contributed by atoms with Gasteiger partial charge in [0, 0.05) is 36.7 Å². The molecule has 168 valence electrons. The highest BCUT2D eigenvalue weighted by Gasteiger charge is 2.29. The summed E-state index contributed by atoms with van der Waals surface area (Å²) in [6.45, 7) is 2.79. The number of sulfonamides is 1. The van der Waals surface area contributed by atoms with E-state index in [-0.39, 0.29) is 42.7 Å². The molecule has 0 aliphatic carbocycles. The molecule has 0 radical (unpaired) electrons. The number of rotatable bonds is 6. The standard InChI is InChI=1S/C21H20N2O8S/c1-2-14-11-21(24)31-20-12-15(3-5-17(14)20)30-19-6-4-16(13-18(19)23(25)26)32(27,28)22-7-9-29-10-8-22/h3-6,11-13H,2,7-10H2,1H3. The number of benzene rings is 2. The monoisotopic (exact) mass is 460 g/mol. The van der Waals surface area contributed by atoms with Gasteiger partial charge in [0.25, 0.3) is 0 Å². The molecule has 3 aromatic rings. The fourth-order valence-electron chi connectivity index (χ4n) is 3.52. The average molecular weight is 460 g/mol. The van der Waals surface area contributed by atoms with Crippen molar-refractivity contribution in [1.82, 2.24) is 4.31 Å². The molecule has 4 rings (SSSR count). The molecule has 32 heavy (non-hydrogen) atoms. The lowest BCUT2D eigenvalue weighted by Gasteiger charge is -2.26. The quantitative estimate of drug-likeness (QED) is 0.312. The summed E-state index contributed by atoms with van der Waals surface area (Å²) < 4.78 is 43.0. The van der Waals surface area contributed by atoms with Crippen LogP contribution in [-0.4, -0.2) is 43.9 Å². The topological polar surface area (TPSA) is 129 Å². The van der Waals surface area contributed by atoms with Crippen LogP contribution >= 0.6 is 0 Å². The molecule has 0 saturated carbocycles. The van der Waals surface area contributed by atoms with Gasteiger partial charge in [-0.2, -0.15) is 4.31 Å². The maximum Gasteiger partial charge on any atom is 0.336 e. The van der Waals surface area contributed by atoms with E-state index in [1.807, 2.05) is 6.92 Å². The van der Waals surface area contributed by atoms with Crippen LogP contribution in [0.1, 0.15) is 12.5 Å². The Kier molecular flexibility index (Phi) is 5.96. The number of morpholine rings is 1. The van der Waals surface area contributed by atoms with E-state index in [0.29, 0.717) is 12.0 Å². The van der Waals surface area contributed by atoms with Crippen LogP contribution < -0.4 is 10.4 Å². The van der Waals surface area contributed by atoms with Gasteiger partial charge in [-0.25, -0.2) is 13.2 Å². The zero-order chi connectivity index (χ0) is 22.9. The summed E-state index contributed by atoms with van der Waals surface area (Å²) in [7, 11) is -3.91. The van der Waals surface area contributed by atoms with Gasteiger partial charge in [0.2, 0.25) is 15.8 Å². The first-order chi connectivity index (χ1) is 15.3. The van der Waals surface area contributed by atoms with E-state index in [1.54, 1.807) is 12.1 Å². The first-order valence-corrected chi connectivity index (χ1v) is 11.3. The molecule has 1 fully saturated rings. The molecule has 0 bridgehead atoms. The minimum absolute atomic E-state index is 0.135. The predicted molar refractivity (Wildman–Crippen MR) is 115 cm³/mol. The average Bonchev–Trinajstić information content (AvgIpc) is 2.78. The Bertz CT molecular complexity index is 1340. The van der Waals surface area contributed by atoms with Gasteiger partial charge in [-0.15, -0.1) is 0 Å². The third-order valence-corrected chi connectivity index (χ3v) is 7.04. The molecule has 0 spiro atoms. The predicted octanol–water partition coefficient (Wildman–Crippen LogP) is 3.08. The largest absolute Gasteiger partial charge is 0.450 e. The Hall–Kier alpha value is -3.28. The lowest BCUT2D eigenvalue weighted by atomic mass is 10.1. The first-order valence-electron chi connectivity index (χ1n) is 9.90. The zero-order valence-corrected chi connectivity index (χ0v) is 18.0. The number of aryl methyl sites for hydroxylation is 1. The summed E-state index contributed by atoms with van der Waals surface area (Å²) in [5.41, 5.74) is 0.103. The molecule has 2 heterocycles. The van der Waals surface area contributed by atoms with Crippen LogP contribution in [-0.2, 0) is 21.2 Å². The Morgan fingerprint density at radius 2 is 1.88 bits per heavy atom. The first kappa shape index (κ1) is 21.9. The number of fused-ring (bicyclic) bond motifs is 1. The Morgan fingerprint density at radius 1 is 1.12 bits per heavy atom. The lowest BCUT2D eigenvalue weighted by molar-refractivity contribution is -0.385. The second-order valence-corrected chi connectivity index (χ2v) is 9.05. The zero-order valence-electron chi connectivity index (χ0n) is 17.1. The molecule has 1 aliphatic rings. The molecular formula is C21H20N2O8S. The number of nitrogens with zero attached hydrogens (tertiary/aromatic N) is 2. The summed E-state index contributed by atoms with van der Waals surface area (Å²) in [5.74, 6) is 0.0741. The van der Waals surface area contributed by atoms with Crippen molar-refractivity contribution >= 4 is 26.7 Å². The van der Waals surface area contributed by atoms with E-state index in [4.69, 9.17) is 13.9 Å². The molecule has 10 nitrogen and oxygen atoms in total. The Balaban J connectivity index is 1.70. The van der Waals surface area contributed by atoms with Gasteiger partial charge < -0.3 is 13.9 Å². The minimum Gasteiger partial charge on any atom is -0.450 e. The second kappa shape index (κ2) is 8.69. The molecule has 0 atom stereocenters. The fraction of sp³-hybridized carbons (Fsp3) is 0.286. The van der Waals surface area contributed by atoms with Crippen LogP contribution in [0.15, 0.2) is 56.6 Å². The number of ether oxygens (including phenoxy) is 2. The van der Waals surface area contributed by atoms with Crippen LogP contribution in [0.25, 0.3) is 11.0 Å². The van der Waals surface area contributed by atoms with E-state index in [0.717, 1.165) is 17.0 Å². The van der Waals surface area contributed by atoms with Crippen LogP contribution in [0.5, 0.6) is 11.5 Å². The highest BCUT2D eigenvalue weighted by Crippen LogP contribution is 2.35. The smallest absolute Gasteiger partial charge is 0.336 e. The van der Waals surface area contributed by atoms with Gasteiger partial charge in [0.05, 0.1) is 23.0 Å². The van der Waals surface area contributed by atoms with Crippen molar-refractivity contribution < 1.29 is 27.2 Å². The van der Waals surface area contributed by atoms with Crippen molar-refractivity contribution in [3.8, 4) is 11.5 Å². The van der Waals surface area contributed by atoms with Crippen molar-refractivity contribution in [2.75, 3.05) is 26.3 Å². The summed E-state index contributed by atoms with van der Waals surface area (Å²) in [6.07, 6.45) is 0.632. The molecule has 1 saturated heterocycles. The van der Waals surface area contributed by atoms with E-state index in [1.165, 1.54) is 28.6 Å². The number of nitro benzene ring substituents is 1. The van der Waals surface area contributed by atoms with Crippen molar-refractivity contribution in [3.05, 3.63) is 68.6 Å². The number of hydrogen-bond acceptors (Lipinski definition) is 8. The van der Waals surface area contributed by atoms with Crippen molar-refractivity contribution in [1.29, 1.82) is 0 Å². The van der Waals surface area contributed by atoms with Crippen LogP contribution in [0.3, 0.4) is 0 Å². The van der Waals surface area contributed by atoms with E-state index >= 15 is 0 Å². The molecule has 1 aliphatic heterocycles. The molecule has 1 aromatic heterocycles. The fourth-order valence-corrected chi connectivity index (χ4v) is 4.94. The van der Waals surface area contributed by atoms with Gasteiger partial charge in [-0.05, 0) is 36.2 Å². The molecule has 0 N–H and O–H groups in total. The van der Waals surface area contributed by atoms with E-state index < -0.39 is 26.3 Å². The Morgan fingerprint density at radius 3 is 2.56 bits per heavy atom. The summed E-state index contributed by atoms with van der Waals surface area (Å²) >= 11 is 0.